The predicted molar refractivity (Wildman–Crippen MR) is 114 cm³/mol. The first-order chi connectivity index (χ1) is 13.6. The van der Waals surface area contributed by atoms with E-state index < -0.39 is 0 Å². The molecule has 0 radical (unpaired) electrons. The average molecular weight is 403 g/mol. The molecule has 2 N–H and O–H groups in total. The number of nitrogens with zero attached hydrogens (tertiary/aromatic N) is 4. The van der Waals surface area contributed by atoms with Gasteiger partial charge in [-0.1, -0.05) is 19.9 Å². The average Bonchev–Trinajstić information content (AvgIpc) is 3.25. The van der Waals surface area contributed by atoms with Gasteiger partial charge in [-0.3, -0.25) is 4.90 Å². The van der Waals surface area contributed by atoms with Crippen molar-refractivity contribution in [2.24, 2.45) is 5.92 Å². The van der Waals surface area contributed by atoms with E-state index in [1.165, 1.54) is 4.88 Å². The minimum absolute atomic E-state index is 0.0632. The quantitative estimate of drug-likeness (QED) is 0.664. The second kappa shape index (κ2) is 10.4. The van der Waals surface area contributed by atoms with E-state index in [0.717, 1.165) is 45.1 Å². The van der Waals surface area contributed by atoms with Gasteiger partial charge in [0.05, 0.1) is 6.04 Å². The van der Waals surface area contributed by atoms with E-state index in [4.69, 9.17) is 0 Å². The summed E-state index contributed by atoms with van der Waals surface area (Å²) in [5, 5.41) is 8.16. The van der Waals surface area contributed by atoms with Crippen molar-refractivity contribution < 1.29 is 4.79 Å². The van der Waals surface area contributed by atoms with Crippen LogP contribution in [0.3, 0.4) is 0 Å². The molecule has 7 nitrogen and oxygen atoms in total. The van der Waals surface area contributed by atoms with Crippen molar-refractivity contribution in [3.8, 4) is 0 Å². The Kier molecular flexibility index (Phi) is 7.62. The number of carbonyl (C=O) groups is 1. The predicted octanol–water partition coefficient (Wildman–Crippen LogP) is 2.75. The van der Waals surface area contributed by atoms with Crippen LogP contribution in [0, 0.1) is 5.92 Å². The van der Waals surface area contributed by atoms with Crippen molar-refractivity contribution in [2.75, 3.05) is 44.2 Å². The SMILES string of the molecule is CC(C)C(NC(=O)NCCCN1CCN(c2ncccn2)CC1)c1cccs1. The molecular weight excluding hydrogens is 372 g/mol. The lowest BCUT2D eigenvalue weighted by molar-refractivity contribution is 0.229. The second-order valence-electron chi connectivity index (χ2n) is 7.37. The van der Waals surface area contributed by atoms with Crippen molar-refractivity contribution in [2.45, 2.75) is 26.3 Å². The molecule has 1 aliphatic rings. The van der Waals surface area contributed by atoms with Crippen LogP contribution in [0.1, 0.15) is 31.2 Å². The zero-order chi connectivity index (χ0) is 19.8. The fourth-order valence-corrected chi connectivity index (χ4v) is 4.31. The minimum atomic E-state index is -0.0851. The number of amides is 2. The topological polar surface area (TPSA) is 73.4 Å². The highest BCUT2D eigenvalue weighted by molar-refractivity contribution is 7.10. The molecule has 28 heavy (non-hydrogen) atoms. The van der Waals surface area contributed by atoms with E-state index in [1.54, 1.807) is 23.7 Å². The van der Waals surface area contributed by atoms with Gasteiger partial charge in [0, 0.05) is 50.0 Å². The number of urea groups is 1. The lowest BCUT2D eigenvalue weighted by Crippen LogP contribution is -2.47. The molecule has 1 fully saturated rings. The summed E-state index contributed by atoms with van der Waals surface area (Å²) in [5.41, 5.74) is 0. The Balaban J connectivity index is 1.32. The van der Waals surface area contributed by atoms with Crippen molar-refractivity contribution in [3.05, 3.63) is 40.8 Å². The first-order valence-corrected chi connectivity index (χ1v) is 10.8. The molecule has 1 atom stereocenters. The number of nitrogens with one attached hydrogen (secondary N) is 2. The highest BCUT2D eigenvalue weighted by Crippen LogP contribution is 2.25. The van der Waals surface area contributed by atoms with Crippen LogP contribution in [-0.4, -0.2) is 60.2 Å². The third kappa shape index (κ3) is 5.90. The summed E-state index contributed by atoms with van der Waals surface area (Å²) in [6, 6.07) is 5.92. The Hall–Kier alpha value is -2.19. The van der Waals surface area contributed by atoms with E-state index in [9.17, 15) is 4.79 Å². The molecule has 0 aliphatic carbocycles. The van der Waals surface area contributed by atoms with Crippen LogP contribution in [0.2, 0.25) is 0 Å². The lowest BCUT2D eigenvalue weighted by Gasteiger charge is -2.34. The van der Waals surface area contributed by atoms with Crippen molar-refractivity contribution in [1.29, 1.82) is 0 Å². The van der Waals surface area contributed by atoms with Gasteiger partial charge in [-0.2, -0.15) is 0 Å². The Morgan fingerprint density at radius 2 is 1.93 bits per heavy atom. The smallest absolute Gasteiger partial charge is 0.315 e. The van der Waals surface area contributed by atoms with Gasteiger partial charge in [0.1, 0.15) is 0 Å². The molecule has 0 spiro atoms. The van der Waals surface area contributed by atoms with Crippen molar-refractivity contribution in [3.63, 3.8) is 0 Å². The molecule has 2 amide bonds. The maximum Gasteiger partial charge on any atom is 0.315 e. The standard InChI is InChI=1S/C20H30N6OS/c1-16(2)18(17-6-3-15-28-17)24-20(27)23-9-5-10-25-11-13-26(14-12-25)19-21-7-4-8-22-19/h3-4,6-8,15-16,18H,5,9-14H2,1-2H3,(H2,23,24,27). The van der Waals surface area contributed by atoms with Crippen LogP contribution in [0.4, 0.5) is 10.7 Å². The van der Waals surface area contributed by atoms with Gasteiger partial charge in [0.25, 0.3) is 0 Å². The number of carbonyl (C=O) groups excluding carboxylic acids is 1. The van der Waals surface area contributed by atoms with E-state index in [0.29, 0.717) is 12.5 Å². The fourth-order valence-electron chi connectivity index (χ4n) is 3.36. The molecule has 0 bridgehead atoms. The Bertz CT molecular complexity index is 701. The zero-order valence-electron chi connectivity index (χ0n) is 16.7. The molecule has 0 aromatic carbocycles. The summed E-state index contributed by atoms with van der Waals surface area (Å²) in [4.78, 5) is 26.7. The Labute approximate surface area is 171 Å². The second-order valence-corrected chi connectivity index (χ2v) is 8.35. The molecule has 3 rings (SSSR count). The van der Waals surface area contributed by atoms with Gasteiger partial charge in [0.15, 0.2) is 0 Å². The van der Waals surface area contributed by atoms with Gasteiger partial charge in [-0.25, -0.2) is 14.8 Å². The van der Waals surface area contributed by atoms with Crippen LogP contribution >= 0.6 is 11.3 Å². The van der Waals surface area contributed by atoms with Crippen LogP contribution in [-0.2, 0) is 0 Å². The summed E-state index contributed by atoms with van der Waals surface area (Å²) in [7, 11) is 0. The first kappa shape index (κ1) is 20.5. The molecule has 1 saturated heterocycles. The van der Waals surface area contributed by atoms with E-state index in [2.05, 4.69) is 50.3 Å². The lowest BCUT2D eigenvalue weighted by atomic mass is 10.0. The third-order valence-electron chi connectivity index (χ3n) is 4.95. The number of piperazine rings is 1. The highest BCUT2D eigenvalue weighted by atomic mass is 32.1. The minimum Gasteiger partial charge on any atom is -0.338 e. The monoisotopic (exact) mass is 402 g/mol. The van der Waals surface area contributed by atoms with Crippen LogP contribution in [0.15, 0.2) is 36.0 Å². The number of aromatic nitrogens is 2. The van der Waals surface area contributed by atoms with E-state index in [1.807, 2.05) is 17.5 Å². The maximum absolute atomic E-state index is 12.3. The summed E-state index contributed by atoms with van der Waals surface area (Å²) in [5.74, 6) is 1.17. The van der Waals surface area contributed by atoms with Crippen molar-refractivity contribution in [1.82, 2.24) is 25.5 Å². The summed E-state index contributed by atoms with van der Waals surface area (Å²) < 4.78 is 0. The molecule has 2 aromatic rings. The van der Waals surface area contributed by atoms with Crippen LogP contribution < -0.4 is 15.5 Å². The largest absolute Gasteiger partial charge is 0.338 e. The van der Waals surface area contributed by atoms with E-state index >= 15 is 0 Å². The molecule has 8 heteroatoms. The number of hydrogen-bond donors (Lipinski definition) is 2. The van der Waals surface area contributed by atoms with Gasteiger partial charge < -0.3 is 15.5 Å². The van der Waals surface area contributed by atoms with Gasteiger partial charge in [-0.15, -0.1) is 11.3 Å². The van der Waals surface area contributed by atoms with Crippen LogP contribution in [0.5, 0.6) is 0 Å². The van der Waals surface area contributed by atoms with Gasteiger partial charge in [0.2, 0.25) is 5.95 Å². The Morgan fingerprint density at radius 1 is 1.18 bits per heavy atom. The molecule has 152 valence electrons. The van der Waals surface area contributed by atoms with Crippen molar-refractivity contribution >= 4 is 23.3 Å². The molecule has 2 aromatic heterocycles. The molecule has 3 heterocycles. The Morgan fingerprint density at radius 3 is 2.57 bits per heavy atom. The molecule has 1 unspecified atom stereocenters. The number of anilines is 1. The first-order valence-electron chi connectivity index (χ1n) is 9.95. The zero-order valence-corrected chi connectivity index (χ0v) is 17.5. The normalized spacial score (nSPS) is 16.2. The number of thiophene rings is 1. The summed E-state index contributed by atoms with van der Waals surface area (Å²) >= 11 is 1.68. The fraction of sp³-hybridized carbons (Fsp3) is 0.550. The number of rotatable bonds is 8. The maximum atomic E-state index is 12.3. The highest BCUT2D eigenvalue weighted by Gasteiger charge is 2.20. The van der Waals surface area contributed by atoms with Gasteiger partial charge in [-0.05, 0) is 36.4 Å². The third-order valence-corrected chi connectivity index (χ3v) is 5.90. The number of hydrogen-bond acceptors (Lipinski definition) is 6. The van der Waals surface area contributed by atoms with E-state index in [-0.39, 0.29) is 12.1 Å². The van der Waals surface area contributed by atoms with Gasteiger partial charge >= 0.3 is 6.03 Å². The summed E-state index contributed by atoms with van der Waals surface area (Å²) in [6.07, 6.45) is 4.52. The molecular formula is C20H30N6OS. The molecule has 1 aliphatic heterocycles. The van der Waals surface area contributed by atoms with Crippen LogP contribution in [0.25, 0.3) is 0 Å². The summed E-state index contributed by atoms with van der Waals surface area (Å²) in [6.45, 7) is 9.81. The molecule has 0 saturated carbocycles.